The number of ketones is 1. The smallest absolute Gasteiger partial charge is 0.259 e. The quantitative estimate of drug-likeness (QED) is 0.519. The fourth-order valence-electron chi connectivity index (χ4n) is 3.01. The first kappa shape index (κ1) is 23.3. The Balaban J connectivity index is 2.00. The highest BCUT2D eigenvalue weighted by atomic mass is 35.5. The van der Waals surface area contributed by atoms with Crippen LogP contribution >= 0.6 is 11.6 Å². The highest BCUT2D eigenvalue weighted by molar-refractivity contribution is 7.92. The molecule has 0 atom stereocenters. The van der Waals surface area contributed by atoms with Gasteiger partial charge in [-0.1, -0.05) is 41.9 Å². The highest BCUT2D eigenvalue weighted by Gasteiger charge is 2.21. The van der Waals surface area contributed by atoms with Crippen molar-refractivity contribution in [1.82, 2.24) is 0 Å². The Morgan fingerprint density at radius 1 is 0.969 bits per heavy atom. The Morgan fingerprint density at radius 2 is 1.66 bits per heavy atom. The number of amides is 1. The number of carbonyl (C=O) groups is 2. The molecule has 1 N–H and O–H groups in total. The number of methoxy groups -OCH3 is 1. The summed E-state index contributed by atoms with van der Waals surface area (Å²) in [5.41, 5.74) is 1.32. The van der Waals surface area contributed by atoms with Gasteiger partial charge in [0.05, 0.1) is 30.3 Å². The monoisotopic (exact) mass is 472 g/mol. The van der Waals surface area contributed by atoms with E-state index in [1.807, 2.05) is 0 Å². The van der Waals surface area contributed by atoms with Crippen LogP contribution in [0, 0.1) is 0 Å². The minimum Gasteiger partial charge on any atom is -0.496 e. The fourth-order valence-corrected chi connectivity index (χ4v) is 3.68. The summed E-state index contributed by atoms with van der Waals surface area (Å²) >= 11 is 6.10. The summed E-state index contributed by atoms with van der Waals surface area (Å²) in [6.45, 7) is 0. The molecular formula is C23H21ClN2O5S. The zero-order chi connectivity index (χ0) is 23.5. The van der Waals surface area contributed by atoms with E-state index >= 15 is 0 Å². The molecule has 0 unspecified atom stereocenters. The first-order chi connectivity index (χ1) is 15.1. The van der Waals surface area contributed by atoms with Crippen LogP contribution in [-0.2, 0) is 10.0 Å². The summed E-state index contributed by atoms with van der Waals surface area (Å²) in [5.74, 6) is -0.631. The first-order valence-electron chi connectivity index (χ1n) is 9.44. The van der Waals surface area contributed by atoms with E-state index in [1.165, 1.54) is 44.5 Å². The summed E-state index contributed by atoms with van der Waals surface area (Å²) < 4.78 is 30.1. The Labute approximate surface area is 191 Å². The Kier molecular flexibility index (Phi) is 6.86. The minimum atomic E-state index is -3.53. The number of nitrogens with one attached hydrogen (secondary N) is 1. The minimum absolute atomic E-state index is 0.105. The third-order valence-corrected chi connectivity index (χ3v) is 6.24. The molecular weight excluding hydrogens is 452 g/mol. The molecule has 0 aromatic heterocycles. The lowest BCUT2D eigenvalue weighted by molar-refractivity contribution is 0.102. The van der Waals surface area contributed by atoms with E-state index in [4.69, 9.17) is 16.3 Å². The van der Waals surface area contributed by atoms with E-state index in [-0.39, 0.29) is 34.0 Å². The van der Waals surface area contributed by atoms with E-state index in [0.29, 0.717) is 10.6 Å². The third-order valence-electron chi connectivity index (χ3n) is 4.80. The van der Waals surface area contributed by atoms with Crippen LogP contribution < -0.4 is 14.4 Å². The maximum atomic E-state index is 13.1. The summed E-state index contributed by atoms with van der Waals surface area (Å²) in [6.07, 6.45) is 1.06. The largest absolute Gasteiger partial charge is 0.496 e. The number of ether oxygens (including phenoxy) is 1. The van der Waals surface area contributed by atoms with Crippen molar-refractivity contribution in [2.75, 3.05) is 30.0 Å². The zero-order valence-corrected chi connectivity index (χ0v) is 19.2. The second-order valence-electron chi connectivity index (χ2n) is 6.95. The maximum absolute atomic E-state index is 13.1. The molecule has 0 heterocycles. The van der Waals surface area contributed by atoms with E-state index in [9.17, 15) is 18.0 Å². The van der Waals surface area contributed by atoms with Crippen molar-refractivity contribution in [3.05, 3.63) is 88.4 Å². The molecule has 3 rings (SSSR count). The van der Waals surface area contributed by atoms with Crippen LogP contribution in [0.3, 0.4) is 0 Å². The van der Waals surface area contributed by atoms with Gasteiger partial charge in [0.1, 0.15) is 5.75 Å². The number of nitrogens with zero attached hydrogens (tertiary/aromatic N) is 1. The van der Waals surface area contributed by atoms with Gasteiger partial charge in [-0.05, 0) is 36.4 Å². The van der Waals surface area contributed by atoms with Gasteiger partial charge in [0.15, 0.2) is 5.78 Å². The molecule has 0 aliphatic carbocycles. The fraction of sp³-hybridized carbons (Fsp3) is 0.130. The lowest BCUT2D eigenvalue weighted by atomic mass is 10.0. The standard InChI is InChI=1S/C23H21ClN2O5S/c1-26(32(3,29)30)17-10-12-21(31-2)19(14-17)23(28)25-20-11-9-16(24)13-18(20)22(27)15-7-5-4-6-8-15/h4-14H,1-3H3,(H,25,28). The number of sulfonamides is 1. The predicted octanol–water partition coefficient (Wildman–Crippen LogP) is 4.23. The summed E-state index contributed by atoms with van der Waals surface area (Å²) in [4.78, 5) is 26.1. The van der Waals surface area contributed by atoms with Gasteiger partial charge in [-0.25, -0.2) is 8.42 Å². The molecule has 0 aliphatic rings. The summed E-state index contributed by atoms with van der Waals surface area (Å²) in [7, 11) is -0.744. The number of benzene rings is 3. The molecule has 7 nitrogen and oxygen atoms in total. The molecule has 0 fully saturated rings. The van der Waals surface area contributed by atoms with Crippen LogP contribution in [0.5, 0.6) is 5.75 Å². The van der Waals surface area contributed by atoms with Crippen molar-refractivity contribution in [3.63, 3.8) is 0 Å². The molecule has 32 heavy (non-hydrogen) atoms. The zero-order valence-electron chi connectivity index (χ0n) is 17.6. The first-order valence-corrected chi connectivity index (χ1v) is 11.7. The van der Waals surface area contributed by atoms with Gasteiger partial charge < -0.3 is 10.1 Å². The van der Waals surface area contributed by atoms with E-state index < -0.39 is 15.9 Å². The number of hydrogen-bond acceptors (Lipinski definition) is 5. The van der Waals surface area contributed by atoms with Crippen molar-refractivity contribution >= 4 is 44.7 Å². The van der Waals surface area contributed by atoms with Gasteiger partial charge in [-0.15, -0.1) is 0 Å². The highest BCUT2D eigenvalue weighted by Crippen LogP contribution is 2.29. The summed E-state index contributed by atoms with van der Waals surface area (Å²) in [6, 6.07) is 17.6. The Bertz CT molecular complexity index is 1280. The molecule has 3 aromatic carbocycles. The Hall–Kier alpha value is -3.36. The topological polar surface area (TPSA) is 92.8 Å². The third kappa shape index (κ3) is 5.09. The second kappa shape index (κ2) is 9.42. The van der Waals surface area contributed by atoms with Gasteiger partial charge in [0, 0.05) is 23.2 Å². The number of rotatable bonds is 7. The molecule has 0 bridgehead atoms. The van der Waals surface area contributed by atoms with Gasteiger partial charge in [0.25, 0.3) is 5.91 Å². The van der Waals surface area contributed by atoms with Crippen molar-refractivity contribution in [2.45, 2.75) is 0 Å². The lowest BCUT2D eigenvalue weighted by Crippen LogP contribution is -2.25. The maximum Gasteiger partial charge on any atom is 0.259 e. The predicted molar refractivity (Wildman–Crippen MR) is 126 cm³/mol. The molecule has 0 spiro atoms. The van der Waals surface area contributed by atoms with E-state index in [2.05, 4.69) is 5.32 Å². The number of anilines is 2. The van der Waals surface area contributed by atoms with Crippen LogP contribution in [0.2, 0.25) is 5.02 Å². The van der Waals surface area contributed by atoms with Crippen molar-refractivity contribution < 1.29 is 22.7 Å². The van der Waals surface area contributed by atoms with Crippen LogP contribution in [0.15, 0.2) is 66.7 Å². The van der Waals surface area contributed by atoms with Crippen molar-refractivity contribution in [3.8, 4) is 5.75 Å². The molecule has 0 radical (unpaired) electrons. The number of carbonyl (C=O) groups excluding carboxylic acids is 2. The van der Waals surface area contributed by atoms with E-state index in [0.717, 1.165) is 10.6 Å². The van der Waals surface area contributed by atoms with Crippen LogP contribution in [0.4, 0.5) is 11.4 Å². The average Bonchev–Trinajstić information content (AvgIpc) is 2.78. The molecule has 0 saturated carbocycles. The number of hydrogen-bond donors (Lipinski definition) is 1. The number of halogens is 1. The van der Waals surface area contributed by atoms with Crippen LogP contribution in [0.1, 0.15) is 26.3 Å². The van der Waals surface area contributed by atoms with Crippen LogP contribution in [-0.4, -0.2) is 40.5 Å². The van der Waals surface area contributed by atoms with Gasteiger partial charge in [-0.3, -0.25) is 13.9 Å². The molecule has 1 amide bonds. The second-order valence-corrected chi connectivity index (χ2v) is 9.40. The Morgan fingerprint density at radius 3 is 2.28 bits per heavy atom. The summed E-state index contributed by atoms with van der Waals surface area (Å²) in [5, 5.41) is 3.06. The van der Waals surface area contributed by atoms with Gasteiger partial charge in [-0.2, -0.15) is 0 Å². The molecule has 0 aliphatic heterocycles. The average molecular weight is 473 g/mol. The lowest BCUT2D eigenvalue weighted by Gasteiger charge is -2.19. The van der Waals surface area contributed by atoms with Gasteiger partial charge >= 0.3 is 0 Å². The van der Waals surface area contributed by atoms with E-state index in [1.54, 1.807) is 36.4 Å². The van der Waals surface area contributed by atoms with Crippen molar-refractivity contribution in [2.24, 2.45) is 0 Å². The van der Waals surface area contributed by atoms with Crippen LogP contribution in [0.25, 0.3) is 0 Å². The molecule has 0 saturated heterocycles. The SMILES string of the molecule is COc1ccc(N(C)S(C)(=O)=O)cc1C(=O)Nc1ccc(Cl)cc1C(=O)c1ccccc1. The molecule has 166 valence electrons. The van der Waals surface area contributed by atoms with Gasteiger partial charge in [0.2, 0.25) is 10.0 Å². The molecule has 9 heteroatoms. The molecule has 3 aromatic rings. The van der Waals surface area contributed by atoms with Crippen molar-refractivity contribution in [1.29, 1.82) is 0 Å². The normalized spacial score (nSPS) is 11.0.